The van der Waals surface area contributed by atoms with E-state index in [0.717, 1.165) is 24.0 Å². The van der Waals surface area contributed by atoms with Crippen LogP contribution < -0.4 is 4.90 Å². The molecule has 33 heavy (non-hydrogen) atoms. The van der Waals surface area contributed by atoms with Crippen LogP contribution in [0.3, 0.4) is 0 Å². The smallest absolute Gasteiger partial charge is 0.338 e. The first-order valence-electron chi connectivity index (χ1n) is 10.9. The van der Waals surface area contributed by atoms with Gasteiger partial charge in [-0.3, -0.25) is 9.79 Å². The number of amides is 1. The Morgan fingerprint density at radius 1 is 1.12 bits per heavy atom. The molecule has 8 heteroatoms. The minimum Gasteiger partial charge on any atom is -0.494 e. The molecule has 0 bridgehead atoms. The molecule has 2 N–H and O–H groups in total. The number of aliphatic imine (C=N–C) groups is 1. The van der Waals surface area contributed by atoms with Gasteiger partial charge < -0.3 is 24.6 Å². The van der Waals surface area contributed by atoms with E-state index in [2.05, 4.69) is 14.9 Å². The highest BCUT2D eigenvalue weighted by molar-refractivity contribution is 6.04. The SMILES string of the molecule is CCOC(=O)c1ccc2c(C=Nc3ccc(N(CCCN(C)C)C(C)=O)cc3)c(O)[nH]c2c1. The molecule has 0 saturated carbocycles. The lowest BCUT2D eigenvalue weighted by molar-refractivity contribution is -0.116. The van der Waals surface area contributed by atoms with Gasteiger partial charge in [0.05, 0.1) is 23.4 Å². The number of fused-ring (bicyclic) bond motifs is 1. The molecular formula is C25H30N4O4. The quantitative estimate of drug-likeness (QED) is 0.378. The second-order valence-corrected chi connectivity index (χ2v) is 7.97. The number of nitrogens with one attached hydrogen (secondary N) is 1. The second-order valence-electron chi connectivity index (χ2n) is 7.97. The second kappa shape index (κ2) is 10.8. The van der Waals surface area contributed by atoms with Gasteiger partial charge >= 0.3 is 5.97 Å². The zero-order valence-corrected chi connectivity index (χ0v) is 19.5. The summed E-state index contributed by atoms with van der Waals surface area (Å²) >= 11 is 0. The first-order chi connectivity index (χ1) is 15.8. The lowest BCUT2D eigenvalue weighted by Crippen LogP contribution is -2.31. The number of nitrogens with zero attached hydrogens (tertiary/aromatic N) is 3. The molecule has 3 aromatic rings. The van der Waals surface area contributed by atoms with Crippen molar-refractivity contribution in [2.24, 2.45) is 4.99 Å². The van der Waals surface area contributed by atoms with E-state index in [-0.39, 0.29) is 11.8 Å². The fourth-order valence-corrected chi connectivity index (χ4v) is 3.55. The van der Waals surface area contributed by atoms with Gasteiger partial charge in [-0.15, -0.1) is 0 Å². The zero-order chi connectivity index (χ0) is 24.0. The summed E-state index contributed by atoms with van der Waals surface area (Å²) in [6.45, 7) is 5.16. The molecule has 1 amide bonds. The highest BCUT2D eigenvalue weighted by Gasteiger charge is 2.14. The van der Waals surface area contributed by atoms with Crippen molar-refractivity contribution in [2.75, 3.05) is 38.7 Å². The van der Waals surface area contributed by atoms with Crippen LogP contribution >= 0.6 is 0 Å². The Balaban J connectivity index is 1.77. The van der Waals surface area contributed by atoms with E-state index in [0.29, 0.717) is 35.5 Å². The molecule has 0 saturated heterocycles. The molecule has 0 aliphatic rings. The molecule has 2 aromatic carbocycles. The summed E-state index contributed by atoms with van der Waals surface area (Å²) in [4.78, 5) is 35.2. The Kier molecular flexibility index (Phi) is 7.84. The van der Waals surface area contributed by atoms with E-state index in [1.165, 1.54) is 0 Å². The molecule has 0 fully saturated rings. The third-order valence-corrected chi connectivity index (χ3v) is 5.20. The summed E-state index contributed by atoms with van der Waals surface area (Å²) < 4.78 is 5.02. The molecule has 0 radical (unpaired) electrons. The average molecular weight is 451 g/mol. The maximum Gasteiger partial charge on any atom is 0.338 e. The van der Waals surface area contributed by atoms with Gasteiger partial charge in [-0.2, -0.15) is 0 Å². The minimum absolute atomic E-state index is 0.00379. The van der Waals surface area contributed by atoms with Crippen LogP contribution in [0, 0.1) is 0 Å². The third kappa shape index (κ3) is 5.98. The Morgan fingerprint density at radius 2 is 1.85 bits per heavy atom. The van der Waals surface area contributed by atoms with Gasteiger partial charge in [-0.25, -0.2) is 4.79 Å². The Morgan fingerprint density at radius 3 is 2.48 bits per heavy atom. The van der Waals surface area contributed by atoms with E-state index in [1.807, 2.05) is 38.4 Å². The number of carbonyl (C=O) groups is 2. The number of anilines is 1. The van der Waals surface area contributed by atoms with Crippen molar-refractivity contribution in [3.05, 3.63) is 53.6 Å². The topological polar surface area (TPSA) is 98.2 Å². The number of aromatic hydroxyl groups is 1. The van der Waals surface area contributed by atoms with Crippen LogP contribution in [0.15, 0.2) is 47.5 Å². The fraction of sp³-hybridized carbons (Fsp3) is 0.320. The van der Waals surface area contributed by atoms with E-state index in [4.69, 9.17) is 4.74 Å². The molecule has 1 aromatic heterocycles. The van der Waals surface area contributed by atoms with Crippen LogP contribution in [-0.4, -0.2) is 66.9 Å². The molecule has 0 aliphatic heterocycles. The van der Waals surface area contributed by atoms with Crippen molar-refractivity contribution in [2.45, 2.75) is 20.3 Å². The number of H-pyrrole nitrogens is 1. The van der Waals surface area contributed by atoms with Crippen molar-refractivity contribution in [3.8, 4) is 5.88 Å². The number of benzene rings is 2. The van der Waals surface area contributed by atoms with Crippen LogP contribution in [0.5, 0.6) is 5.88 Å². The van der Waals surface area contributed by atoms with Gasteiger partial charge in [0.25, 0.3) is 0 Å². The van der Waals surface area contributed by atoms with Crippen molar-refractivity contribution >= 4 is 40.4 Å². The molecule has 0 unspecified atom stereocenters. The van der Waals surface area contributed by atoms with Crippen LogP contribution in [0.2, 0.25) is 0 Å². The van der Waals surface area contributed by atoms with Crippen molar-refractivity contribution < 1.29 is 19.4 Å². The Labute approximate surface area is 193 Å². The maximum absolute atomic E-state index is 12.1. The maximum atomic E-state index is 12.1. The highest BCUT2D eigenvalue weighted by Crippen LogP contribution is 2.28. The van der Waals surface area contributed by atoms with E-state index >= 15 is 0 Å². The lowest BCUT2D eigenvalue weighted by Gasteiger charge is -2.22. The zero-order valence-electron chi connectivity index (χ0n) is 19.5. The molecule has 8 nitrogen and oxygen atoms in total. The van der Waals surface area contributed by atoms with Crippen LogP contribution in [-0.2, 0) is 9.53 Å². The van der Waals surface area contributed by atoms with Crippen molar-refractivity contribution in [1.82, 2.24) is 9.88 Å². The number of ether oxygens (including phenoxy) is 1. The van der Waals surface area contributed by atoms with Gasteiger partial charge in [0.1, 0.15) is 0 Å². The lowest BCUT2D eigenvalue weighted by atomic mass is 10.1. The van der Waals surface area contributed by atoms with Crippen molar-refractivity contribution in [3.63, 3.8) is 0 Å². The third-order valence-electron chi connectivity index (χ3n) is 5.20. The van der Waals surface area contributed by atoms with Gasteiger partial charge in [-0.1, -0.05) is 6.07 Å². The van der Waals surface area contributed by atoms with E-state index in [1.54, 1.807) is 43.2 Å². The molecule has 0 aliphatic carbocycles. The predicted molar refractivity (Wildman–Crippen MR) is 131 cm³/mol. The highest BCUT2D eigenvalue weighted by atomic mass is 16.5. The standard InChI is InChI=1S/C25H30N4O4/c1-5-33-25(32)18-7-12-21-22(24(31)27-23(21)15-18)16-26-19-8-10-20(11-9-19)29(17(2)30)14-6-13-28(3)4/h7-12,15-16,27,31H,5-6,13-14H2,1-4H3. The first kappa shape index (κ1) is 24.0. The number of aromatic nitrogens is 1. The summed E-state index contributed by atoms with van der Waals surface area (Å²) in [5, 5.41) is 11.1. The summed E-state index contributed by atoms with van der Waals surface area (Å²) in [7, 11) is 4.02. The number of hydrogen-bond acceptors (Lipinski definition) is 6. The first-order valence-corrected chi connectivity index (χ1v) is 10.9. The van der Waals surface area contributed by atoms with Crippen molar-refractivity contribution in [1.29, 1.82) is 0 Å². The van der Waals surface area contributed by atoms with Gasteiger partial charge in [0, 0.05) is 36.3 Å². The van der Waals surface area contributed by atoms with Crippen LogP contribution in [0.25, 0.3) is 10.9 Å². The summed E-state index contributed by atoms with van der Waals surface area (Å²) in [6, 6.07) is 12.4. The largest absolute Gasteiger partial charge is 0.494 e. The monoisotopic (exact) mass is 450 g/mol. The van der Waals surface area contributed by atoms with Gasteiger partial charge in [0.15, 0.2) is 5.88 Å². The number of aromatic amines is 1. The Hall–Kier alpha value is -3.65. The molecule has 1 heterocycles. The van der Waals surface area contributed by atoms with Crippen LogP contribution in [0.1, 0.15) is 36.2 Å². The predicted octanol–water partition coefficient (Wildman–Crippen LogP) is 4.11. The number of esters is 1. The summed E-state index contributed by atoms with van der Waals surface area (Å²) in [6.07, 6.45) is 2.46. The summed E-state index contributed by atoms with van der Waals surface area (Å²) in [5.41, 5.74) is 3.06. The molecule has 174 valence electrons. The molecule has 0 spiro atoms. The summed E-state index contributed by atoms with van der Waals surface area (Å²) in [5.74, 6) is -0.448. The fourth-order valence-electron chi connectivity index (χ4n) is 3.55. The number of carbonyl (C=O) groups excluding carboxylic acids is 2. The van der Waals surface area contributed by atoms with E-state index in [9.17, 15) is 14.7 Å². The van der Waals surface area contributed by atoms with Gasteiger partial charge in [0.2, 0.25) is 5.91 Å². The van der Waals surface area contributed by atoms with E-state index < -0.39 is 5.97 Å². The number of hydrogen-bond donors (Lipinski definition) is 2. The number of rotatable bonds is 9. The average Bonchev–Trinajstić information content (AvgIpc) is 3.09. The molecule has 0 atom stereocenters. The normalized spacial score (nSPS) is 11.4. The molecular weight excluding hydrogens is 420 g/mol. The Bertz CT molecular complexity index is 1150. The minimum atomic E-state index is -0.412. The van der Waals surface area contributed by atoms with Crippen LogP contribution in [0.4, 0.5) is 11.4 Å². The molecule has 3 rings (SSSR count). The van der Waals surface area contributed by atoms with Gasteiger partial charge in [-0.05, 0) is 70.4 Å².